The summed E-state index contributed by atoms with van der Waals surface area (Å²) in [5.41, 5.74) is 0.0763. The zero-order valence-corrected chi connectivity index (χ0v) is 15.3. The Kier molecular flexibility index (Phi) is 4.72. The van der Waals surface area contributed by atoms with Gasteiger partial charge in [-0.2, -0.15) is 13.2 Å². The van der Waals surface area contributed by atoms with Gasteiger partial charge < -0.3 is 9.64 Å². The first-order valence-electron chi connectivity index (χ1n) is 9.19. The minimum absolute atomic E-state index is 0.0858. The van der Waals surface area contributed by atoms with Gasteiger partial charge in [0.2, 0.25) is 5.95 Å². The van der Waals surface area contributed by atoms with Crippen LogP contribution in [0.1, 0.15) is 40.4 Å². The third kappa shape index (κ3) is 3.43. The fourth-order valence-corrected chi connectivity index (χ4v) is 4.55. The first-order valence-corrected chi connectivity index (χ1v) is 9.19. The molecular formula is C20H20F3N3O2. The molecule has 28 heavy (non-hydrogen) atoms. The Morgan fingerprint density at radius 1 is 1.14 bits per heavy atom. The third-order valence-corrected chi connectivity index (χ3v) is 5.78. The molecule has 2 aliphatic rings. The third-order valence-electron chi connectivity index (χ3n) is 5.78. The van der Waals surface area contributed by atoms with Gasteiger partial charge in [0.05, 0.1) is 12.7 Å². The van der Waals surface area contributed by atoms with E-state index in [1.165, 1.54) is 31.5 Å². The van der Waals surface area contributed by atoms with Crippen LogP contribution in [0, 0.1) is 11.8 Å². The van der Waals surface area contributed by atoms with E-state index in [1.54, 1.807) is 12.1 Å². The number of carbonyl (C=O) groups excluding carboxylic acids is 1. The number of carbonyl (C=O) groups is 1. The van der Waals surface area contributed by atoms with Crippen molar-refractivity contribution in [1.29, 1.82) is 0 Å². The molecule has 1 aliphatic carbocycles. The Morgan fingerprint density at radius 3 is 2.46 bits per heavy atom. The van der Waals surface area contributed by atoms with E-state index in [0.717, 1.165) is 0 Å². The lowest BCUT2D eigenvalue weighted by atomic mass is 9.91. The van der Waals surface area contributed by atoms with Crippen LogP contribution in [0.4, 0.5) is 19.1 Å². The predicted molar refractivity (Wildman–Crippen MR) is 96.0 cm³/mol. The summed E-state index contributed by atoms with van der Waals surface area (Å²) in [7, 11) is 1.29. The van der Waals surface area contributed by atoms with Crippen LogP contribution in [0.15, 0.2) is 36.5 Å². The van der Waals surface area contributed by atoms with Crippen molar-refractivity contribution in [3.63, 3.8) is 0 Å². The number of hydrogen-bond donors (Lipinski definition) is 0. The Bertz CT molecular complexity index is 873. The van der Waals surface area contributed by atoms with E-state index in [1.807, 2.05) is 4.90 Å². The van der Waals surface area contributed by atoms with E-state index in [4.69, 9.17) is 4.74 Å². The van der Waals surface area contributed by atoms with Crippen LogP contribution in [0.25, 0.3) is 0 Å². The highest BCUT2D eigenvalue weighted by atomic mass is 19.4. The molecule has 4 rings (SSSR count). The molecule has 2 aromatic rings. The average Bonchev–Trinajstić information content (AvgIpc) is 3.26. The normalized spacial score (nSPS) is 24.3. The lowest BCUT2D eigenvalue weighted by Gasteiger charge is -2.21. The van der Waals surface area contributed by atoms with Crippen molar-refractivity contribution in [2.24, 2.45) is 11.8 Å². The number of methoxy groups -OCH3 is 1. The van der Waals surface area contributed by atoms with Gasteiger partial charge in [0.1, 0.15) is 0 Å². The van der Waals surface area contributed by atoms with E-state index in [0.29, 0.717) is 37.4 Å². The van der Waals surface area contributed by atoms with Crippen molar-refractivity contribution in [1.82, 2.24) is 9.97 Å². The first-order chi connectivity index (χ1) is 13.4. The summed E-state index contributed by atoms with van der Waals surface area (Å²) in [5, 5.41) is 0. The number of benzene rings is 1. The molecule has 0 spiro atoms. The number of fused-ring (bicyclic) bond motifs is 1. The lowest BCUT2D eigenvalue weighted by Crippen LogP contribution is -2.24. The molecule has 1 aromatic carbocycles. The van der Waals surface area contributed by atoms with Crippen molar-refractivity contribution in [3.05, 3.63) is 53.3 Å². The fraction of sp³-hybridized carbons (Fsp3) is 0.450. The van der Waals surface area contributed by atoms with Crippen molar-refractivity contribution in [2.75, 3.05) is 25.1 Å². The minimum atomic E-state index is -4.33. The minimum Gasteiger partial charge on any atom is -0.464 e. The van der Waals surface area contributed by atoms with Gasteiger partial charge in [-0.25, -0.2) is 14.8 Å². The Morgan fingerprint density at radius 2 is 1.82 bits per heavy atom. The smallest absolute Gasteiger partial charge is 0.416 e. The maximum atomic E-state index is 13.3. The van der Waals surface area contributed by atoms with Crippen molar-refractivity contribution < 1.29 is 22.7 Å². The molecule has 0 N–H and O–H groups in total. The quantitative estimate of drug-likeness (QED) is 0.743. The molecule has 1 aliphatic heterocycles. The number of rotatable bonds is 3. The number of aromatic nitrogens is 2. The summed E-state index contributed by atoms with van der Waals surface area (Å²) in [4.78, 5) is 22.2. The Labute approximate surface area is 160 Å². The highest BCUT2D eigenvalue weighted by molar-refractivity contribution is 5.87. The maximum absolute atomic E-state index is 13.3. The second-order valence-corrected chi connectivity index (χ2v) is 7.41. The van der Waals surface area contributed by atoms with Gasteiger partial charge >= 0.3 is 12.1 Å². The van der Waals surface area contributed by atoms with E-state index in [2.05, 4.69) is 9.97 Å². The second-order valence-electron chi connectivity index (χ2n) is 7.41. The first kappa shape index (κ1) is 18.7. The molecule has 0 radical (unpaired) electrons. The molecule has 1 saturated carbocycles. The predicted octanol–water partition coefficient (Wildman–Crippen LogP) is 3.91. The topological polar surface area (TPSA) is 55.3 Å². The number of ether oxygens (including phenoxy) is 1. The summed E-state index contributed by atoms with van der Waals surface area (Å²) in [6.45, 7) is 1.36. The van der Waals surface area contributed by atoms with E-state index < -0.39 is 17.7 Å². The number of nitrogens with zero attached hydrogens (tertiary/aromatic N) is 3. The molecule has 5 nitrogen and oxygen atoms in total. The van der Waals surface area contributed by atoms with Crippen molar-refractivity contribution in [3.8, 4) is 0 Å². The van der Waals surface area contributed by atoms with Gasteiger partial charge in [0.15, 0.2) is 5.69 Å². The van der Waals surface area contributed by atoms with Crippen LogP contribution in [0.5, 0.6) is 0 Å². The molecule has 1 aromatic heterocycles. The van der Waals surface area contributed by atoms with Crippen LogP contribution in [0.2, 0.25) is 0 Å². The van der Waals surface area contributed by atoms with Crippen LogP contribution in [0.3, 0.4) is 0 Å². The second kappa shape index (κ2) is 7.07. The zero-order valence-electron chi connectivity index (χ0n) is 15.3. The number of alkyl halides is 3. The van der Waals surface area contributed by atoms with Crippen LogP contribution < -0.4 is 4.90 Å². The summed E-state index contributed by atoms with van der Waals surface area (Å²) in [6, 6.07) is 7.39. The summed E-state index contributed by atoms with van der Waals surface area (Å²) < 4.78 is 44.7. The van der Waals surface area contributed by atoms with Gasteiger partial charge in [-0.15, -0.1) is 0 Å². The van der Waals surface area contributed by atoms with Gasteiger partial charge in [0.25, 0.3) is 0 Å². The molecule has 0 unspecified atom stereocenters. The molecule has 2 heterocycles. The lowest BCUT2D eigenvalue weighted by molar-refractivity contribution is -0.138. The molecule has 3 atom stereocenters. The van der Waals surface area contributed by atoms with Crippen LogP contribution in [-0.2, 0) is 10.9 Å². The SMILES string of the molecule is COC(=O)c1ccnc(N2C[C@H]3C[C@@H](c4ccccc4C(F)(F)F)C[C@H]3C2)n1. The van der Waals surface area contributed by atoms with Gasteiger partial charge in [-0.3, -0.25) is 0 Å². The van der Waals surface area contributed by atoms with E-state index >= 15 is 0 Å². The number of halogens is 3. The summed E-state index contributed by atoms with van der Waals surface area (Å²) in [5.74, 6) is 0.432. The number of esters is 1. The van der Waals surface area contributed by atoms with Gasteiger partial charge in [-0.05, 0) is 48.3 Å². The largest absolute Gasteiger partial charge is 0.464 e. The molecule has 1 saturated heterocycles. The molecular weight excluding hydrogens is 371 g/mol. The zero-order chi connectivity index (χ0) is 19.9. The van der Waals surface area contributed by atoms with Gasteiger partial charge in [0, 0.05) is 19.3 Å². The van der Waals surface area contributed by atoms with Crippen LogP contribution in [-0.4, -0.2) is 36.1 Å². The molecule has 2 fully saturated rings. The summed E-state index contributed by atoms with van der Waals surface area (Å²) >= 11 is 0. The monoisotopic (exact) mass is 391 g/mol. The van der Waals surface area contributed by atoms with Gasteiger partial charge in [-0.1, -0.05) is 18.2 Å². The molecule has 148 valence electrons. The van der Waals surface area contributed by atoms with Crippen molar-refractivity contribution in [2.45, 2.75) is 24.9 Å². The van der Waals surface area contributed by atoms with E-state index in [-0.39, 0.29) is 23.4 Å². The van der Waals surface area contributed by atoms with Crippen molar-refractivity contribution >= 4 is 11.9 Å². The highest BCUT2D eigenvalue weighted by Gasteiger charge is 2.44. The Hall–Kier alpha value is -2.64. The maximum Gasteiger partial charge on any atom is 0.416 e. The van der Waals surface area contributed by atoms with E-state index in [9.17, 15) is 18.0 Å². The average molecular weight is 391 g/mol. The molecule has 0 amide bonds. The molecule has 0 bridgehead atoms. The fourth-order valence-electron chi connectivity index (χ4n) is 4.55. The Balaban J connectivity index is 1.48. The number of anilines is 1. The standard InChI is InChI=1S/C20H20F3N3O2/c1-28-18(27)17-6-7-24-19(25-17)26-10-13-8-12(9-14(13)11-26)15-4-2-3-5-16(15)20(21,22)23/h2-7,12-14H,8-11H2,1H3/t12-,13-,14+. The number of hydrogen-bond acceptors (Lipinski definition) is 5. The molecule has 8 heteroatoms. The summed E-state index contributed by atoms with van der Waals surface area (Å²) in [6.07, 6.45) is -1.39. The van der Waals surface area contributed by atoms with Crippen LogP contribution >= 0.6 is 0 Å². The highest BCUT2D eigenvalue weighted by Crippen LogP contribution is 2.49.